The predicted molar refractivity (Wildman–Crippen MR) is 152 cm³/mol. The van der Waals surface area contributed by atoms with Crippen molar-refractivity contribution in [3.63, 3.8) is 0 Å². The van der Waals surface area contributed by atoms with Crippen molar-refractivity contribution < 1.29 is 9.18 Å². The SMILES string of the molecule is C#C.C#C.C1CCCCC1.C[C@H](NC=O)c1ccc(F)cc1.Cc1ccc(CC2CCNCC2)cc1. The van der Waals surface area contributed by atoms with Gasteiger partial charge in [0.15, 0.2) is 0 Å². The molecule has 2 N–H and O–H groups in total. The number of aryl methyl sites for hydroxylation is 1. The van der Waals surface area contributed by atoms with E-state index in [1.807, 2.05) is 6.92 Å². The van der Waals surface area contributed by atoms with Gasteiger partial charge in [-0.05, 0) is 75.4 Å². The lowest BCUT2D eigenvalue weighted by Gasteiger charge is -2.22. The van der Waals surface area contributed by atoms with Crippen LogP contribution in [0.5, 0.6) is 0 Å². The van der Waals surface area contributed by atoms with E-state index >= 15 is 0 Å². The molecule has 2 aromatic carbocycles. The Balaban J connectivity index is 0.000000504. The van der Waals surface area contributed by atoms with Crippen LogP contribution in [0.2, 0.25) is 0 Å². The largest absolute Gasteiger partial charge is 0.352 e. The van der Waals surface area contributed by atoms with E-state index in [4.69, 9.17) is 0 Å². The van der Waals surface area contributed by atoms with Crippen molar-refractivity contribution in [2.24, 2.45) is 5.92 Å². The van der Waals surface area contributed by atoms with Crippen LogP contribution >= 0.6 is 0 Å². The number of piperidine rings is 1. The summed E-state index contributed by atoms with van der Waals surface area (Å²) < 4.78 is 12.4. The van der Waals surface area contributed by atoms with Gasteiger partial charge < -0.3 is 10.6 Å². The molecule has 1 saturated heterocycles. The normalized spacial score (nSPS) is 15.3. The van der Waals surface area contributed by atoms with Crippen LogP contribution < -0.4 is 10.6 Å². The second-order valence-electron chi connectivity index (χ2n) is 9.06. The number of nitrogens with one attached hydrogen (secondary N) is 2. The molecule has 196 valence electrons. The lowest BCUT2D eigenvalue weighted by atomic mass is 9.91. The van der Waals surface area contributed by atoms with E-state index in [-0.39, 0.29) is 11.9 Å². The second kappa shape index (κ2) is 22.4. The molecule has 0 unspecified atom stereocenters. The molecule has 1 saturated carbocycles. The molecule has 1 heterocycles. The fraction of sp³-hybridized carbons (Fsp3) is 0.469. The Hall–Kier alpha value is -3.08. The van der Waals surface area contributed by atoms with Crippen LogP contribution in [0.15, 0.2) is 48.5 Å². The van der Waals surface area contributed by atoms with Crippen LogP contribution in [-0.2, 0) is 11.2 Å². The Morgan fingerprint density at radius 1 is 0.889 bits per heavy atom. The first kappa shape index (κ1) is 32.9. The summed E-state index contributed by atoms with van der Waals surface area (Å²) in [6, 6.07) is 15.0. The number of benzene rings is 2. The Kier molecular flexibility index (Phi) is 20.5. The number of hydrogen-bond donors (Lipinski definition) is 2. The predicted octanol–water partition coefficient (Wildman–Crippen LogP) is 7.01. The summed E-state index contributed by atoms with van der Waals surface area (Å²) in [7, 11) is 0. The highest BCUT2D eigenvalue weighted by Gasteiger charge is 2.12. The third kappa shape index (κ3) is 15.8. The summed E-state index contributed by atoms with van der Waals surface area (Å²) in [4.78, 5) is 10.1. The number of hydrogen-bond acceptors (Lipinski definition) is 2. The van der Waals surface area contributed by atoms with Crippen LogP contribution in [0.3, 0.4) is 0 Å². The monoisotopic (exact) mass is 492 g/mol. The van der Waals surface area contributed by atoms with E-state index in [1.165, 1.54) is 94.1 Å². The molecule has 2 fully saturated rings. The third-order valence-corrected chi connectivity index (χ3v) is 6.29. The zero-order chi connectivity index (χ0) is 27.0. The van der Waals surface area contributed by atoms with Gasteiger partial charge in [-0.3, -0.25) is 4.79 Å². The van der Waals surface area contributed by atoms with Gasteiger partial charge in [0.2, 0.25) is 6.41 Å². The van der Waals surface area contributed by atoms with Crippen LogP contribution in [0, 0.1) is 44.4 Å². The maximum Gasteiger partial charge on any atom is 0.207 e. The van der Waals surface area contributed by atoms with Crippen molar-refractivity contribution in [1.29, 1.82) is 0 Å². The summed E-state index contributed by atoms with van der Waals surface area (Å²) in [6.45, 7) is 6.39. The molecule has 1 atom stereocenters. The minimum Gasteiger partial charge on any atom is -0.352 e. The molecule has 2 aliphatic rings. The molecule has 1 aliphatic carbocycles. The lowest BCUT2D eigenvalue weighted by molar-refractivity contribution is -0.110. The summed E-state index contributed by atoms with van der Waals surface area (Å²) in [6.07, 6.45) is 29.6. The highest BCUT2D eigenvalue weighted by molar-refractivity contribution is 5.47. The summed E-state index contributed by atoms with van der Waals surface area (Å²) in [5.74, 6) is 0.635. The van der Waals surface area contributed by atoms with E-state index in [0.717, 1.165) is 11.5 Å². The molecule has 1 aliphatic heterocycles. The molecule has 0 radical (unpaired) electrons. The van der Waals surface area contributed by atoms with E-state index < -0.39 is 0 Å². The molecule has 0 aromatic heterocycles. The van der Waals surface area contributed by atoms with Crippen molar-refractivity contribution in [2.75, 3.05) is 13.1 Å². The number of terminal acetylenes is 2. The van der Waals surface area contributed by atoms with Gasteiger partial charge in [-0.25, -0.2) is 4.39 Å². The van der Waals surface area contributed by atoms with Crippen molar-refractivity contribution in [3.05, 3.63) is 71.0 Å². The van der Waals surface area contributed by atoms with Gasteiger partial charge in [0, 0.05) is 0 Å². The van der Waals surface area contributed by atoms with E-state index in [1.54, 1.807) is 12.1 Å². The molecule has 4 rings (SSSR count). The molecule has 4 heteroatoms. The fourth-order valence-electron chi connectivity index (χ4n) is 4.15. The van der Waals surface area contributed by atoms with Crippen molar-refractivity contribution in [3.8, 4) is 25.7 Å². The van der Waals surface area contributed by atoms with E-state index in [0.29, 0.717) is 6.41 Å². The Morgan fingerprint density at radius 2 is 1.36 bits per heavy atom. The third-order valence-electron chi connectivity index (χ3n) is 6.29. The molecule has 1 amide bonds. The molecular formula is C32H45FN2O. The Morgan fingerprint density at radius 3 is 1.81 bits per heavy atom. The summed E-state index contributed by atoms with van der Waals surface area (Å²) in [5.41, 5.74) is 3.75. The summed E-state index contributed by atoms with van der Waals surface area (Å²) >= 11 is 0. The fourth-order valence-corrected chi connectivity index (χ4v) is 4.15. The van der Waals surface area contributed by atoms with Gasteiger partial charge in [0.1, 0.15) is 5.82 Å². The molecule has 0 bridgehead atoms. The van der Waals surface area contributed by atoms with Crippen molar-refractivity contribution in [2.45, 2.75) is 77.7 Å². The second-order valence-corrected chi connectivity index (χ2v) is 9.06. The van der Waals surface area contributed by atoms with Gasteiger partial charge in [0.25, 0.3) is 0 Å². The Labute approximate surface area is 219 Å². The molecule has 0 spiro atoms. The van der Waals surface area contributed by atoms with Gasteiger partial charge in [-0.1, -0.05) is 80.5 Å². The highest BCUT2D eigenvalue weighted by atomic mass is 19.1. The van der Waals surface area contributed by atoms with Crippen LogP contribution in [0.4, 0.5) is 4.39 Å². The summed E-state index contributed by atoms with van der Waals surface area (Å²) in [5, 5.41) is 5.99. The van der Waals surface area contributed by atoms with Gasteiger partial charge in [-0.2, -0.15) is 0 Å². The minimum absolute atomic E-state index is 0.0666. The maximum atomic E-state index is 12.4. The zero-order valence-corrected chi connectivity index (χ0v) is 22.2. The minimum atomic E-state index is -0.267. The first-order valence-corrected chi connectivity index (χ1v) is 13.0. The average Bonchev–Trinajstić information content (AvgIpc) is 2.95. The zero-order valence-electron chi connectivity index (χ0n) is 22.2. The molecule has 2 aromatic rings. The maximum absolute atomic E-state index is 12.4. The van der Waals surface area contributed by atoms with E-state index in [2.05, 4.69) is 67.5 Å². The lowest BCUT2D eigenvalue weighted by Crippen LogP contribution is -2.28. The standard InChI is InChI=1S/C13H19N.C9H10FNO.C6H12.2C2H2/c1-11-2-4-12(5-3-11)10-13-6-8-14-9-7-13;1-7(11-6-12)8-2-4-9(10)5-3-8;1-2-4-6-5-3-1;2*1-2/h2-5,13-14H,6-10H2,1H3;2-7H,1H3,(H,11,12);1-6H2;2*1-2H/t;7-;;;/m.0.../s1. The van der Waals surface area contributed by atoms with Crippen LogP contribution in [0.25, 0.3) is 0 Å². The number of rotatable bonds is 5. The van der Waals surface area contributed by atoms with Gasteiger partial charge >= 0.3 is 0 Å². The van der Waals surface area contributed by atoms with Gasteiger partial charge in [-0.15, -0.1) is 25.7 Å². The smallest absolute Gasteiger partial charge is 0.207 e. The molecular weight excluding hydrogens is 447 g/mol. The first-order valence-electron chi connectivity index (χ1n) is 13.0. The van der Waals surface area contributed by atoms with Crippen LogP contribution in [-0.4, -0.2) is 19.5 Å². The first-order chi connectivity index (χ1) is 17.6. The molecule has 36 heavy (non-hydrogen) atoms. The average molecular weight is 493 g/mol. The quantitative estimate of drug-likeness (QED) is 0.348. The van der Waals surface area contributed by atoms with Crippen molar-refractivity contribution >= 4 is 6.41 Å². The van der Waals surface area contributed by atoms with Crippen molar-refractivity contribution in [1.82, 2.24) is 10.6 Å². The van der Waals surface area contributed by atoms with E-state index in [9.17, 15) is 9.18 Å². The Bertz CT molecular complexity index is 799. The van der Waals surface area contributed by atoms with Crippen LogP contribution in [0.1, 0.15) is 81.0 Å². The number of halogens is 1. The number of carbonyl (C=O) groups excluding carboxylic acids is 1. The topological polar surface area (TPSA) is 41.1 Å². The highest BCUT2D eigenvalue weighted by Crippen LogP contribution is 2.18. The molecule has 3 nitrogen and oxygen atoms in total. The number of amides is 1. The number of carbonyl (C=O) groups is 1. The van der Waals surface area contributed by atoms with Gasteiger partial charge in [0.05, 0.1) is 6.04 Å².